The van der Waals surface area contributed by atoms with Gasteiger partial charge in [0.2, 0.25) is 5.91 Å². The van der Waals surface area contributed by atoms with Crippen molar-refractivity contribution in [2.45, 2.75) is 51.8 Å². The van der Waals surface area contributed by atoms with Crippen molar-refractivity contribution in [3.8, 4) is 0 Å². The molecule has 0 heterocycles. The minimum absolute atomic E-state index is 0.0264. The third-order valence-electron chi connectivity index (χ3n) is 2.96. The molecule has 5 heteroatoms. The molecule has 4 nitrogen and oxygen atoms in total. The molecule has 0 spiro atoms. The van der Waals surface area contributed by atoms with Crippen LogP contribution in [0, 0.1) is 5.41 Å². The zero-order valence-electron chi connectivity index (χ0n) is 11.6. The Morgan fingerprint density at radius 2 is 1.94 bits per heavy atom. The Bertz CT molecular complexity index is 274. The van der Waals surface area contributed by atoms with Gasteiger partial charge in [-0.25, -0.2) is 0 Å². The highest BCUT2D eigenvalue weighted by atomic mass is 32.2. The fourth-order valence-electron chi connectivity index (χ4n) is 1.16. The fourth-order valence-corrected chi connectivity index (χ4v) is 1.61. The second-order valence-corrected chi connectivity index (χ2v) is 7.43. The van der Waals surface area contributed by atoms with Crippen LogP contribution in [0.15, 0.2) is 0 Å². The maximum absolute atomic E-state index is 11.6. The van der Waals surface area contributed by atoms with Gasteiger partial charge in [0.25, 0.3) is 0 Å². The van der Waals surface area contributed by atoms with Crippen LogP contribution in [0.2, 0.25) is 0 Å². The summed E-state index contributed by atoms with van der Waals surface area (Å²) in [6.45, 7) is 8.55. The Kier molecular flexibility index (Phi) is 6.94. The Balaban J connectivity index is 3.85. The molecule has 0 fully saturated rings. The molecule has 0 saturated carbocycles. The predicted octanol–water partition coefficient (Wildman–Crippen LogP) is 1.02. The molecule has 0 aliphatic rings. The van der Waals surface area contributed by atoms with Crippen LogP contribution in [0.5, 0.6) is 0 Å². The summed E-state index contributed by atoms with van der Waals surface area (Å²) in [5.74, 6) is -0.0264. The number of hydrogen-bond donors (Lipinski definition) is 2. The van der Waals surface area contributed by atoms with E-state index in [4.69, 9.17) is 5.73 Å². The van der Waals surface area contributed by atoms with Crippen molar-refractivity contribution in [3.05, 3.63) is 0 Å². The quantitative estimate of drug-likeness (QED) is 0.751. The molecule has 1 amide bonds. The molecule has 0 aromatic rings. The number of nitrogens with two attached hydrogens (primary N) is 1. The Hall–Kier alpha value is -0.420. The zero-order chi connectivity index (χ0) is 13.6. The van der Waals surface area contributed by atoms with E-state index in [-0.39, 0.29) is 22.6 Å². The summed E-state index contributed by atoms with van der Waals surface area (Å²) in [5, 5.41) is 2.94. The van der Waals surface area contributed by atoms with Gasteiger partial charge in [0.1, 0.15) is 0 Å². The van der Waals surface area contributed by atoms with E-state index in [1.165, 1.54) is 0 Å². The molecule has 0 aromatic heterocycles. The van der Waals surface area contributed by atoms with Gasteiger partial charge in [-0.05, 0) is 11.8 Å². The van der Waals surface area contributed by atoms with Gasteiger partial charge in [-0.15, -0.1) is 0 Å². The molecule has 0 rings (SSSR count). The van der Waals surface area contributed by atoms with E-state index < -0.39 is 10.8 Å². The Morgan fingerprint density at radius 1 is 1.41 bits per heavy atom. The molecule has 17 heavy (non-hydrogen) atoms. The summed E-state index contributed by atoms with van der Waals surface area (Å²) in [4.78, 5) is 11.6. The van der Waals surface area contributed by atoms with Crippen molar-refractivity contribution in [2.24, 2.45) is 11.1 Å². The first-order chi connectivity index (χ1) is 7.64. The van der Waals surface area contributed by atoms with Crippen molar-refractivity contribution in [1.29, 1.82) is 0 Å². The summed E-state index contributed by atoms with van der Waals surface area (Å²) in [7, 11) is -0.826. The van der Waals surface area contributed by atoms with Crippen LogP contribution in [-0.4, -0.2) is 34.2 Å². The molecule has 3 atom stereocenters. The van der Waals surface area contributed by atoms with Crippen molar-refractivity contribution in [1.82, 2.24) is 5.32 Å². The molecule has 3 N–H and O–H groups in total. The third kappa shape index (κ3) is 7.49. The van der Waals surface area contributed by atoms with Gasteiger partial charge >= 0.3 is 0 Å². The van der Waals surface area contributed by atoms with E-state index >= 15 is 0 Å². The van der Waals surface area contributed by atoms with E-state index in [0.29, 0.717) is 13.0 Å². The van der Waals surface area contributed by atoms with Gasteiger partial charge < -0.3 is 11.1 Å². The van der Waals surface area contributed by atoms with Gasteiger partial charge in [0, 0.05) is 41.3 Å². The summed E-state index contributed by atoms with van der Waals surface area (Å²) in [5.41, 5.74) is 5.86. The number of amides is 1. The largest absolute Gasteiger partial charge is 0.356 e. The van der Waals surface area contributed by atoms with Crippen LogP contribution in [0.25, 0.3) is 0 Å². The van der Waals surface area contributed by atoms with Gasteiger partial charge in [-0.2, -0.15) is 0 Å². The van der Waals surface area contributed by atoms with Crippen molar-refractivity contribution < 1.29 is 9.00 Å². The zero-order valence-corrected chi connectivity index (χ0v) is 12.4. The Labute approximate surface area is 107 Å². The molecule has 0 aromatic carbocycles. The highest BCUT2D eigenvalue weighted by Crippen LogP contribution is 2.19. The Morgan fingerprint density at radius 3 is 2.35 bits per heavy atom. The third-order valence-corrected chi connectivity index (χ3v) is 4.33. The average molecular weight is 262 g/mol. The fraction of sp³-hybridized carbons (Fsp3) is 0.917. The normalized spacial score (nSPS) is 17.3. The van der Waals surface area contributed by atoms with Crippen molar-refractivity contribution >= 4 is 16.7 Å². The first kappa shape index (κ1) is 16.6. The molecule has 102 valence electrons. The molecular weight excluding hydrogens is 236 g/mol. The van der Waals surface area contributed by atoms with E-state index in [1.807, 2.05) is 27.7 Å². The lowest BCUT2D eigenvalue weighted by Gasteiger charge is -2.26. The highest BCUT2D eigenvalue weighted by Gasteiger charge is 2.22. The standard InChI is InChI=1S/C12H26N2O2S/c1-9(17(5)16)6-7-14-11(15)8-10(13)12(2,3)4/h9-10H,6-8,13H2,1-5H3,(H,14,15). The van der Waals surface area contributed by atoms with Crippen LogP contribution < -0.4 is 11.1 Å². The van der Waals surface area contributed by atoms with Crippen molar-refractivity contribution in [3.63, 3.8) is 0 Å². The number of nitrogens with one attached hydrogen (secondary N) is 1. The molecule has 0 saturated heterocycles. The van der Waals surface area contributed by atoms with Gasteiger partial charge in [-0.3, -0.25) is 9.00 Å². The van der Waals surface area contributed by atoms with Crippen LogP contribution in [0.4, 0.5) is 0 Å². The summed E-state index contributed by atoms with van der Waals surface area (Å²) in [6, 6.07) is -0.139. The van der Waals surface area contributed by atoms with Crippen LogP contribution >= 0.6 is 0 Å². The van der Waals surface area contributed by atoms with E-state index in [1.54, 1.807) is 6.26 Å². The topological polar surface area (TPSA) is 72.2 Å². The predicted molar refractivity (Wildman–Crippen MR) is 73.2 cm³/mol. The van der Waals surface area contributed by atoms with E-state index in [2.05, 4.69) is 5.32 Å². The van der Waals surface area contributed by atoms with Crippen molar-refractivity contribution in [2.75, 3.05) is 12.8 Å². The number of hydrogen-bond acceptors (Lipinski definition) is 3. The number of carbonyl (C=O) groups excluding carboxylic acids is 1. The minimum atomic E-state index is -0.826. The second-order valence-electron chi connectivity index (χ2n) is 5.62. The molecule has 0 radical (unpaired) electrons. The SMILES string of the molecule is CC(CCNC(=O)CC(N)C(C)(C)C)S(C)=O. The maximum Gasteiger partial charge on any atom is 0.221 e. The van der Waals surface area contributed by atoms with Crippen LogP contribution in [0.1, 0.15) is 40.5 Å². The molecule has 3 unspecified atom stereocenters. The summed E-state index contributed by atoms with van der Waals surface area (Å²) >= 11 is 0. The number of rotatable bonds is 6. The van der Waals surface area contributed by atoms with Crippen LogP contribution in [-0.2, 0) is 15.6 Å². The average Bonchev–Trinajstić information content (AvgIpc) is 2.15. The molecule has 0 bridgehead atoms. The lowest BCUT2D eigenvalue weighted by Crippen LogP contribution is -2.40. The lowest BCUT2D eigenvalue weighted by molar-refractivity contribution is -0.121. The van der Waals surface area contributed by atoms with Crippen LogP contribution in [0.3, 0.4) is 0 Å². The van der Waals surface area contributed by atoms with Gasteiger partial charge in [0.05, 0.1) is 0 Å². The minimum Gasteiger partial charge on any atom is -0.356 e. The van der Waals surface area contributed by atoms with Gasteiger partial charge in [0.15, 0.2) is 0 Å². The lowest BCUT2D eigenvalue weighted by atomic mass is 9.85. The maximum atomic E-state index is 11.6. The highest BCUT2D eigenvalue weighted by molar-refractivity contribution is 7.84. The molecule has 0 aliphatic heterocycles. The van der Waals surface area contributed by atoms with E-state index in [9.17, 15) is 9.00 Å². The number of carbonyl (C=O) groups is 1. The summed E-state index contributed by atoms with van der Waals surface area (Å²) < 4.78 is 11.1. The smallest absolute Gasteiger partial charge is 0.221 e. The van der Waals surface area contributed by atoms with Gasteiger partial charge in [-0.1, -0.05) is 27.7 Å². The first-order valence-electron chi connectivity index (χ1n) is 5.99. The second kappa shape index (κ2) is 7.11. The monoisotopic (exact) mass is 262 g/mol. The summed E-state index contributed by atoms with van der Waals surface area (Å²) in [6.07, 6.45) is 2.76. The molecular formula is C12H26N2O2S. The first-order valence-corrected chi connectivity index (χ1v) is 7.61. The van der Waals surface area contributed by atoms with E-state index in [0.717, 1.165) is 6.42 Å². The molecule has 0 aliphatic carbocycles.